The molecule has 0 radical (unpaired) electrons. The number of carbonyl (C=O) groups is 1. The SMILES string of the molecule is CC(C)n1ncc2c(C(=O)N[C@@H](C)c3ccc(S(C)(=O)=O)cc3)cc(-c3ccccc3)nc21. The van der Waals surface area contributed by atoms with Gasteiger partial charge in [0.25, 0.3) is 5.91 Å². The highest BCUT2D eigenvalue weighted by Crippen LogP contribution is 2.27. The Morgan fingerprint density at radius 1 is 1.00 bits per heavy atom. The van der Waals surface area contributed by atoms with Crippen molar-refractivity contribution in [1.29, 1.82) is 0 Å². The summed E-state index contributed by atoms with van der Waals surface area (Å²) in [4.78, 5) is 18.4. The fourth-order valence-corrected chi connectivity index (χ4v) is 4.33. The van der Waals surface area contributed by atoms with Crippen molar-refractivity contribution < 1.29 is 13.2 Å². The van der Waals surface area contributed by atoms with Crippen LogP contribution < -0.4 is 5.32 Å². The number of carbonyl (C=O) groups excluding carboxylic acids is 1. The van der Waals surface area contributed by atoms with E-state index in [1.165, 1.54) is 6.26 Å². The molecule has 0 unspecified atom stereocenters. The van der Waals surface area contributed by atoms with E-state index in [2.05, 4.69) is 10.4 Å². The van der Waals surface area contributed by atoms with Crippen molar-refractivity contribution in [2.24, 2.45) is 0 Å². The first-order valence-corrected chi connectivity index (χ1v) is 12.6. The third-order valence-corrected chi connectivity index (χ3v) is 6.65. The summed E-state index contributed by atoms with van der Waals surface area (Å²) in [5.74, 6) is -0.248. The van der Waals surface area contributed by atoms with E-state index in [0.717, 1.165) is 11.1 Å². The maximum atomic E-state index is 13.4. The Morgan fingerprint density at radius 2 is 1.67 bits per heavy atom. The standard InChI is InChI=1S/C25H26N4O3S/c1-16(2)29-24-22(15-26-29)21(14-23(28-24)19-8-6-5-7-9-19)25(30)27-17(3)18-10-12-20(13-11-18)33(4,31)32/h5-17H,1-4H3,(H,27,30)/t17-/m0/s1. The number of sulfone groups is 1. The van der Waals surface area contributed by atoms with Gasteiger partial charge in [0.1, 0.15) is 0 Å². The van der Waals surface area contributed by atoms with Gasteiger partial charge in [-0.1, -0.05) is 42.5 Å². The molecule has 2 aromatic carbocycles. The zero-order chi connectivity index (χ0) is 23.8. The first-order valence-electron chi connectivity index (χ1n) is 10.7. The molecule has 0 bridgehead atoms. The van der Waals surface area contributed by atoms with Gasteiger partial charge in [-0.15, -0.1) is 0 Å². The fraction of sp³-hybridized carbons (Fsp3) is 0.240. The van der Waals surface area contributed by atoms with Gasteiger partial charge >= 0.3 is 0 Å². The van der Waals surface area contributed by atoms with Crippen LogP contribution in [0.2, 0.25) is 0 Å². The summed E-state index contributed by atoms with van der Waals surface area (Å²) >= 11 is 0. The fourth-order valence-electron chi connectivity index (χ4n) is 3.70. The summed E-state index contributed by atoms with van der Waals surface area (Å²) in [6, 6.07) is 17.8. The van der Waals surface area contributed by atoms with E-state index < -0.39 is 9.84 Å². The largest absolute Gasteiger partial charge is 0.345 e. The van der Waals surface area contributed by atoms with Gasteiger partial charge in [0, 0.05) is 17.9 Å². The average Bonchev–Trinajstić information content (AvgIpc) is 3.23. The highest BCUT2D eigenvalue weighted by molar-refractivity contribution is 7.90. The van der Waals surface area contributed by atoms with Gasteiger partial charge in [0.05, 0.1) is 33.8 Å². The molecular weight excluding hydrogens is 436 g/mol. The summed E-state index contributed by atoms with van der Waals surface area (Å²) < 4.78 is 25.2. The number of hydrogen-bond donors (Lipinski definition) is 1. The predicted octanol–water partition coefficient (Wildman–Crippen LogP) is 4.57. The van der Waals surface area contributed by atoms with E-state index in [0.29, 0.717) is 22.3 Å². The Hall–Kier alpha value is -3.52. The summed E-state index contributed by atoms with van der Waals surface area (Å²) in [6.45, 7) is 5.90. The number of pyridine rings is 1. The van der Waals surface area contributed by atoms with Crippen LogP contribution in [0.15, 0.2) is 71.8 Å². The zero-order valence-corrected chi connectivity index (χ0v) is 19.8. The third-order valence-electron chi connectivity index (χ3n) is 5.53. The van der Waals surface area contributed by atoms with Gasteiger partial charge in [-0.2, -0.15) is 5.10 Å². The molecule has 8 heteroatoms. The molecule has 0 saturated heterocycles. The normalized spacial score (nSPS) is 12.8. The molecule has 1 N–H and O–H groups in total. The lowest BCUT2D eigenvalue weighted by molar-refractivity contribution is 0.0941. The number of nitrogens with one attached hydrogen (secondary N) is 1. The van der Waals surface area contributed by atoms with Crippen molar-refractivity contribution in [1.82, 2.24) is 20.1 Å². The van der Waals surface area contributed by atoms with Crippen LogP contribution in [0.1, 0.15) is 48.8 Å². The van der Waals surface area contributed by atoms with Gasteiger partial charge in [-0.05, 0) is 44.5 Å². The first kappa shape index (κ1) is 22.7. The Bertz CT molecular complexity index is 1410. The lowest BCUT2D eigenvalue weighted by Gasteiger charge is -2.16. The van der Waals surface area contributed by atoms with Crippen molar-refractivity contribution in [2.45, 2.75) is 37.8 Å². The Labute approximate surface area is 193 Å². The summed E-state index contributed by atoms with van der Waals surface area (Å²) in [6.07, 6.45) is 2.85. The minimum absolute atomic E-state index is 0.0872. The monoisotopic (exact) mass is 462 g/mol. The molecule has 0 aliphatic rings. The van der Waals surface area contributed by atoms with Gasteiger partial charge in [0.2, 0.25) is 0 Å². The first-order chi connectivity index (χ1) is 15.6. The van der Waals surface area contributed by atoms with E-state index in [1.54, 1.807) is 36.5 Å². The molecule has 0 aliphatic carbocycles. The molecular formula is C25H26N4O3S. The minimum Gasteiger partial charge on any atom is -0.345 e. The van der Waals surface area contributed by atoms with Crippen molar-refractivity contribution in [2.75, 3.05) is 6.26 Å². The van der Waals surface area contributed by atoms with E-state index in [-0.39, 0.29) is 22.9 Å². The lowest BCUT2D eigenvalue weighted by atomic mass is 10.0. The van der Waals surface area contributed by atoms with Gasteiger partial charge < -0.3 is 5.32 Å². The maximum absolute atomic E-state index is 13.4. The van der Waals surface area contributed by atoms with Crippen LogP contribution >= 0.6 is 0 Å². The number of hydrogen-bond acceptors (Lipinski definition) is 5. The van der Waals surface area contributed by atoms with Crippen LogP contribution in [0, 0.1) is 0 Å². The molecule has 2 aromatic heterocycles. The second-order valence-corrected chi connectivity index (χ2v) is 10.4. The molecule has 2 heterocycles. The van der Waals surface area contributed by atoms with E-state index in [4.69, 9.17) is 4.98 Å². The van der Waals surface area contributed by atoms with Crippen LogP contribution in [-0.2, 0) is 9.84 Å². The van der Waals surface area contributed by atoms with Crippen molar-refractivity contribution in [3.8, 4) is 11.3 Å². The molecule has 0 saturated carbocycles. The van der Waals surface area contributed by atoms with Crippen LogP contribution in [0.25, 0.3) is 22.3 Å². The Balaban J connectivity index is 1.71. The van der Waals surface area contributed by atoms with Crippen molar-refractivity contribution in [3.05, 3.63) is 78.0 Å². The average molecular weight is 463 g/mol. The Morgan fingerprint density at radius 3 is 2.27 bits per heavy atom. The lowest BCUT2D eigenvalue weighted by Crippen LogP contribution is -2.27. The summed E-state index contributed by atoms with van der Waals surface area (Å²) in [7, 11) is -3.28. The highest BCUT2D eigenvalue weighted by Gasteiger charge is 2.20. The zero-order valence-electron chi connectivity index (χ0n) is 19.0. The molecule has 0 spiro atoms. The number of rotatable bonds is 6. The number of aromatic nitrogens is 3. The van der Waals surface area contributed by atoms with Crippen molar-refractivity contribution >= 4 is 26.8 Å². The number of benzene rings is 2. The number of fused-ring (bicyclic) bond motifs is 1. The van der Waals surface area contributed by atoms with Gasteiger partial charge in [-0.25, -0.2) is 18.1 Å². The number of amides is 1. The predicted molar refractivity (Wildman–Crippen MR) is 129 cm³/mol. The molecule has 4 aromatic rings. The number of nitrogens with zero attached hydrogens (tertiary/aromatic N) is 3. The quantitative estimate of drug-likeness (QED) is 0.453. The molecule has 1 atom stereocenters. The maximum Gasteiger partial charge on any atom is 0.252 e. The van der Waals surface area contributed by atoms with Gasteiger partial charge in [-0.3, -0.25) is 4.79 Å². The van der Waals surface area contributed by atoms with Crippen LogP contribution in [0.5, 0.6) is 0 Å². The third kappa shape index (κ3) is 4.66. The minimum atomic E-state index is -3.28. The van der Waals surface area contributed by atoms with Crippen LogP contribution in [0.4, 0.5) is 0 Å². The molecule has 0 fully saturated rings. The van der Waals surface area contributed by atoms with Crippen LogP contribution in [0.3, 0.4) is 0 Å². The topological polar surface area (TPSA) is 94.0 Å². The molecule has 33 heavy (non-hydrogen) atoms. The summed E-state index contributed by atoms with van der Waals surface area (Å²) in [5.41, 5.74) is 3.56. The highest BCUT2D eigenvalue weighted by atomic mass is 32.2. The van der Waals surface area contributed by atoms with E-state index >= 15 is 0 Å². The second-order valence-electron chi connectivity index (χ2n) is 8.38. The summed E-state index contributed by atoms with van der Waals surface area (Å²) in [5, 5.41) is 8.17. The van der Waals surface area contributed by atoms with Gasteiger partial charge in [0.15, 0.2) is 15.5 Å². The molecule has 1 amide bonds. The van der Waals surface area contributed by atoms with E-state index in [9.17, 15) is 13.2 Å². The molecule has 170 valence electrons. The molecule has 4 rings (SSSR count). The Kier molecular flexibility index (Phi) is 6.03. The molecule has 7 nitrogen and oxygen atoms in total. The molecule has 0 aliphatic heterocycles. The smallest absolute Gasteiger partial charge is 0.252 e. The van der Waals surface area contributed by atoms with Crippen molar-refractivity contribution in [3.63, 3.8) is 0 Å². The van der Waals surface area contributed by atoms with E-state index in [1.807, 2.05) is 55.8 Å². The van der Waals surface area contributed by atoms with Crippen LogP contribution in [-0.4, -0.2) is 35.3 Å². The second kappa shape index (κ2) is 8.78.